The Morgan fingerprint density at radius 2 is 1.91 bits per heavy atom. The lowest BCUT2D eigenvalue weighted by Crippen LogP contribution is -2.38. The molecule has 2 aromatic rings. The molecule has 22 heavy (non-hydrogen) atoms. The second-order valence-electron chi connectivity index (χ2n) is 5.65. The molecule has 0 unspecified atom stereocenters. The van der Waals surface area contributed by atoms with Gasteiger partial charge in [0, 0.05) is 24.1 Å². The highest BCUT2D eigenvalue weighted by Gasteiger charge is 2.46. The molecule has 110 valence electrons. The van der Waals surface area contributed by atoms with Crippen molar-refractivity contribution >= 4 is 11.6 Å². The summed E-state index contributed by atoms with van der Waals surface area (Å²) in [7, 11) is 1.77. The monoisotopic (exact) mass is 292 g/mol. The minimum Gasteiger partial charge on any atom is -0.314 e. The van der Waals surface area contributed by atoms with Crippen molar-refractivity contribution < 1.29 is 4.79 Å². The predicted molar refractivity (Wildman–Crippen MR) is 86.7 cm³/mol. The summed E-state index contributed by atoms with van der Waals surface area (Å²) >= 11 is 0. The number of fused-ring (bicyclic) bond motifs is 1. The van der Waals surface area contributed by atoms with Crippen LogP contribution in [0.3, 0.4) is 0 Å². The second kappa shape index (κ2) is 5.20. The van der Waals surface area contributed by atoms with Crippen LogP contribution in [0.4, 0.5) is 5.69 Å². The first-order chi connectivity index (χ1) is 10.6. The Morgan fingerprint density at radius 3 is 2.59 bits per heavy atom. The number of anilines is 1. The Morgan fingerprint density at radius 1 is 1.18 bits per heavy atom. The Balaban J connectivity index is 2.22. The largest absolute Gasteiger partial charge is 0.314 e. The zero-order valence-electron chi connectivity index (χ0n) is 12.5. The summed E-state index contributed by atoms with van der Waals surface area (Å²) < 4.78 is 0. The summed E-state index contributed by atoms with van der Waals surface area (Å²) in [5, 5.41) is 3.64. The summed E-state index contributed by atoms with van der Waals surface area (Å²) in [6.45, 7) is 1.96. The van der Waals surface area contributed by atoms with Crippen molar-refractivity contribution in [3.63, 3.8) is 0 Å². The molecule has 1 aliphatic rings. The van der Waals surface area contributed by atoms with Crippen molar-refractivity contribution in [3.05, 3.63) is 64.5 Å². The van der Waals surface area contributed by atoms with Crippen molar-refractivity contribution in [2.45, 2.75) is 12.3 Å². The number of carbonyl (C=O) groups excluding carboxylic acids is 1. The van der Waals surface area contributed by atoms with E-state index in [1.54, 1.807) is 11.9 Å². The van der Waals surface area contributed by atoms with Crippen LogP contribution < -0.4 is 4.90 Å². The molecule has 1 atom stereocenters. The third-order valence-corrected chi connectivity index (χ3v) is 4.28. The first-order valence-electron chi connectivity index (χ1n) is 7.07. The number of carbonyl (C=O) groups is 1. The van der Waals surface area contributed by atoms with Crippen molar-refractivity contribution in [2.24, 2.45) is 5.11 Å². The fourth-order valence-electron chi connectivity index (χ4n) is 3.11. The molecule has 0 aromatic heterocycles. The molecular formula is C17H16N4O. The summed E-state index contributed by atoms with van der Waals surface area (Å²) in [5.74, 6) is -0.0433. The molecule has 1 heterocycles. The molecule has 0 N–H and O–H groups in total. The first-order valence-corrected chi connectivity index (χ1v) is 7.07. The molecular weight excluding hydrogens is 276 g/mol. The van der Waals surface area contributed by atoms with Crippen LogP contribution in [0.5, 0.6) is 0 Å². The highest BCUT2D eigenvalue weighted by atomic mass is 16.2. The van der Waals surface area contributed by atoms with Crippen molar-refractivity contribution in [1.82, 2.24) is 0 Å². The van der Waals surface area contributed by atoms with E-state index in [2.05, 4.69) is 10.0 Å². The summed E-state index contributed by atoms with van der Waals surface area (Å²) in [4.78, 5) is 17.2. The number of hydrogen-bond donors (Lipinski definition) is 0. The number of benzene rings is 2. The molecule has 0 saturated carbocycles. The maximum absolute atomic E-state index is 12.7. The zero-order chi connectivity index (χ0) is 15.7. The third kappa shape index (κ3) is 1.95. The van der Waals surface area contributed by atoms with Gasteiger partial charge in [-0.1, -0.05) is 53.6 Å². The van der Waals surface area contributed by atoms with Crippen LogP contribution in [0.25, 0.3) is 21.6 Å². The fraction of sp³-hybridized carbons (Fsp3) is 0.235. The standard InChI is InChI=1S/C17H16N4O/c1-17(11-19-20-18)14-10-6-9-13(12-7-4-3-5-8-12)15(14)21(2)16(17)22/h3-10H,11H2,1-2H3/t17-/m1/s1. The predicted octanol–water partition coefficient (Wildman–Crippen LogP) is 3.90. The number of nitrogens with zero attached hydrogens (tertiary/aromatic N) is 4. The molecule has 5 nitrogen and oxygen atoms in total. The maximum atomic E-state index is 12.7. The van der Waals surface area contributed by atoms with E-state index in [-0.39, 0.29) is 12.5 Å². The van der Waals surface area contributed by atoms with E-state index in [1.165, 1.54) is 0 Å². The summed E-state index contributed by atoms with van der Waals surface area (Å²) in [5.41, 5.74) is 11.7. The molecule has 0 aliphatic carbocycles. The van der Waals surface area contributed by atoms with Gasteiger partial charge in [0.05, 0.1) is 11.1 Å². The van der Waals surface area contributed by atoms with Crippen LogP contribution in [-0.4, -0.2) is 19.5 Å². The lowest BCUT2D eigenvalue weighted by atomic mass is 9.83. The molecule has 0 spiro atoms. The Labute approximate surface area is 128 Å². The Bertz CT molecular complexity index is 781. The second-order valence-corrected chi connectivity index (χ2v) is 5.65. The molecule has 0 radical (unpaired) electrons. The third-order valence-electron chi connectivity index (χ3n) is 4.28. The van der Waals surface area contributed by atoms with Gasteiger partial charge in [-0.25, -0.2) is 0 Å². The maximum Gasteiger partial charge on any atom is 0.237 e. The topological polar surface area (TPSA) is 69.1 Å². The van der Waals surface area contributed by atoms with E-state index in [0.717, 1.165) is 22.4 Å². The number of azide groups is 1. The summed E-state index contributed by atoms with van der Waals surface area (Å²) in [6, 6.07) is 15.9. The van der Waals surface area contributed by atoms with Gasteiger partial charge in [0.25, 0.3) is 0 Å². The van der Waals surface area contributed by atoms with E-state index in [4.69, 9.17) is 5.53 Å². The van der Waals surface area contributed by atoms with Gasteiger partial charge in [-0.15, -0.1) is 0 Å². The number of likely N-dealkylation sites (N-methyl/N-ethyl adjacent to an activating group) is 1. The van der Waals surface area contributed by atoms with Crippen molar-refractivity contribution in [1.29, 1.82) is 0 Å². The molecule has 1 amide bonds. The molecule has 0 fully saturated rings. The number of para-hydroxylation sites is 1. The highest BCUT2D eigenvalue weighted by Crippen LogP contribution is 2.46. The highest BCUT2D eigenvalue weighted by molar-refractivity contribution is 6.11. The van der Waals surface area contributed by atoms with Gasteiger partial charge in [0.2, 0.25) is 5.91 Å². The van der Waals surface area contributed by atoms with Gasteiger partial charge in [-0.2, -0.15) is 0 Å². The van der Waals surface area contributed by atoms with Crippen LogP contribution in [-0.2, 0) is 10.2 Å². The SMILES string of the molecule is CN1C(=O)[C@](C)(CN=[N+]=[N-])c2cccc(-c3ccccc3)c21. The lowest BCUT2D eigenvalue weighted by molar-refractivity contribution is -0.122. The van der Waals surface area contributed by atoms with E-state index in [9.17, 15) is 4.79 Å². The number of rotatable bonds is 3. The van der Waals surface area contributed by atoms with Crippen LogP contribution in [0.1, 0.15) is 12.5 Å². The van der Waals surface area contributed by atoms with Crippen molar-refractivity contribution in [2.75, 3.05) is 18.5 Å². The molecule has 0 bridgehead atoms. The smallest absolute Gasteiger partial charge is 0.237 e. The van der Waals surface area contributed by atoms with Gasteiger partial charge < -0.3 is 4.90 Å². The van der Waals surface area contributed by atoms with E-state index in [1.807, 2.05) is 55.5 Å². The average Bonchev–Trinajstić information content (AvgIpc) is 2.76. The molecule has 3 rings (SSSR count). The zero-order valence-corrected chi connectivity index (χ0v) is 12.5. The Kier molecular flexibility index (Phi) is 3.35. The molecule has 2 aromatic carbocycles. The minimum atomic E-state index is -0.804. The van der Waals surface area contributed by atoms with Gasteiger partial charge in [0.1, 0.15) is 0 Å². The Hall–Kier alpha value is -2.78. The fourth-order valence-corrected chi connectivity index (χ4v) is 3.11. The van der Waals surface area contributed by atoms with Crippen LogP contribution in [0, 0.1) is 0 Å². The lowest BCUT2D eigenvalue weighted by Gasteiger charge is -2.20. The van der Waals surface area contributed by atoms with Crippen LogP contribution >= 0.6 is 0 Å². The van der Waals surface area contributed by atoms with E-state index in [0.29, 0.717) is 0 Å². The van der Waals surface area contributed by atoms with Crippen LogP contribution in [0.15, 0.2) is 53.6 Å². The average molecular weight is 292 g/mol. The number of amides is 1. The van der Waals surface area contributed by atoms with Crippen LogP contribution in [0.2, 0.25) is 0 Å². The van der Waals surface area contributed by atoms with Gasteiger partial charge >= 0.3 is 0 Å². The minimum absolute atomic E-state index is 0.0433. The quantitative estimate of drug-likeness (QED) is 0.480. The number of hydrogen-bond acceptors (Lipinski definition) is 2. The normalized spacial score (nSPS) is 19.7. The molecule has 1 aliphatic heterocycles. The summed E-state index contributed by atoms with van der Waals surface area (Å²) in [6.07, 6.45) is 0. The van der Waals surface area contributed by atoms with Crippen molar-refractivity contribution in [3.8, 4) is 11.1 Å². The van der Waals surface area contributed by atoms with E-state index < -0.39 is 5.41 Å². The van der Waals surface area contributed by atoms with Gasteiger partial charge in [0.15, 0.2) is 0 Å². The van der Waals surface area contributed by atoms with Gasteiger partial charge in [-0.05, 0) is 23.6 Å². The molecule has 5 heteroatoms. The van der Waals surface area contributed by atoms with Gasteiger partial charge in [-0.3, -0.25) is 4.79 Å². The van der Waals surface area contributed by atoms with E-state index >= 15 is 0 Å². The first kappa shape index (κ1) is 14.2. The molecule has 0 saturated heterocycles.